The normalized spacial score (nSPS) is 10.3. The van der Waals surface area contributed by atoms with Gasteiger partial charge in [-0.1, -0.05) is 35.3 Å². The zero-order valence-electron chi connectivity index (χ0n) is 9.02. The van der Waals surface area contributed by atoms with Crippen molar-refractivity contribution in [3.8, 4) is 11.5 Å². The van der Waals surface area contributed by atoms with E-state index in [4.69, 9.17) is 23.2 Å². The number of ketones is 1. The number of carbonyl (C=O) groups is 1. The van der Waals surface area contributed by atoms with Gasteiger partial charge in [-0.05, 0) is 24.3 Å². The fourth-order valence-corrected chi connectivity index (χ4v) is 1.90. The second-order valence-electron chi connectivity index (χ2n) is 3.60. The third-order valence-corrected chi connectivity index (χ3v) is 3.10. The average Bonchev–Trinajstić information content (AvgIpc) is 2.36. The highest BCUT2D eigenvalue weighted by atomic mass is 35.5. The van der Waals surface area contributed by atoms with Crippen molar-refractivity contribution in [3.05, 3.63) is 57.6 Å². The molecule has 5 heteroatoms. The molecular formula is C13H8Cl2O3. The number of halogens is 2. The molecule has 0 aliphatic carbocycles. The Hall–Kier alpha value is -1.71. The first-order valence-corrected chi connectivity index (χ1v) is 5.77. The molecule has 0 amide bonds. The van der Waals surface area contributed by atoms with E-state index < -0.39 is 17.3 Å². The van der Waals surface area contributed by atoms with Crippen LogP contribution in [-0.4, -0.2) is 16.0 Å². The van der Waals surface area contributed by atoms with Gasteiger partial charge in [0, 0.05) is 5.56 Å². The van der Waals surface area contributed by atoms with E-state index in [2.05, 4.69) is 0 Å². The van der Waals surface area contributed by atoms with E-state index in [9.17, 15) is 15.0 Å². The van der Waals surface area contributed by atoms with Gasteiger partial charge in [0.05, 0.1) is 15.6 Å². The predicted molar refractivity (Wildman–Crippen MR) is 69.7 cm³/mol. The Morgan fingerprint density at radius 1 is 0.833 bits per heavy atom. The molecule has 0 aliphatic rings. The van der Waals surface area contributed by atoms with E-state index in [0.29, 0.717) is 0 Å². The maximum atomic E-state index is 12.2. The lowest BCUT2D eigenvalue weighted by atomic mass is 10.0. The summed E-state index contributed by atoms with van der Waals surface area (Å²) in [6, 6.07) is 9.13. The van der Waals surface area contributed by atoms with Crippen LogP contribution in [0.2, 0.25) is 10.0 Å². The largest absolute Gasteiger partial charge is 0.504 e. The molecular weight excluding hydrogens is 275 g/mol. The van der Waals surface area contributed by atoms with Crippen molar-refractivity contribution in [1.29, 1.82) is 0 Å². The predicted octanol–water partition coefficient (Wildman–Crippen LogP) is 3.64. The highest BCUT2D eigenvalue weighted by Gasteiger charge is 2.19. The van der Waals surface area contributed by atoms with Crippen LogP contribution < -0.4 is 0 Å². The van der Waals surface area contributed by atoms with Crippen molar-refractivity contribution >= 4 is 29.0 Å². The summed E-state index contributed by atoms with van der Waals surface area (Å²) in [4.78, 5) is 12.2. The van der Waals surface area contributed by atoms with Crippen LogP contribution in [0.15, 0.2) is 36.4 Å². The van der Waals surface area contributed by atoms with E-state index in [1.165, 1.54) is 18.2 Å². The van der Waals surface area contributed by atoms with Crippen molar-refractivity contribution in [3.63, 3.8) is 0 Å². The van der Waals surface area contributed by atoms with E-state index in [1.54, 1.807) is 18.2 Å². The monoisotopic (exact) mass is 282 g/mol. The number of aromatic hydroxyl groups is 2. The Morgan fingerprint density at radius 2 is 1.50 bits per heavy atom. The minimum atomic E-state index is -0.549. The minimum Gasteiger partial charge on any atom is -0.504 e. The maximum Gasteiger partial charge on any atom is 0.198 e. The zero-order chi connectivity index (χ0) is 13.3. The SMILES string of the molecule is O=C(c1ccccc1Cl)c1ccc(Cl)c(O)c1O. The summed E-state index contributed by atoms with van der Waals surface area (Å²) in [5, 5.41) is 19.4. The fraction of sp³-hybridized carbons (Fsp3) is 0. The number of hydrogen-bond acceptors (Lipinski definition) is 3. The van der Waals surface area contributed by atoms with Crippen LogP contribution in [-0.2, 0) is 0 Å². The molecule has 18 heavy (non-hydrogen) atoms. The second kappa shape index (κ2) is 4.88. The van der Waals surface area contributed by atoms with Gasteiger partial charge in [0.2, 0.25) is 0 Å². The van der Waals surface area contributed by atoms with Crippen LogP contribution in [0.4, 0.5) is 0 Å². The number of phenols is 2. The Kier molecular flexibility index (Phi) is 3.45. The molecule has 0 heterocycles. The lowest BCUT2D eigenvalue weighted by Crippen LogP contribution is -2.02. The molecule has 0 saturated carbocycles. The second-order valence-corrected chi connectivity index (χ2v) is 4.42. The molecule has 0 fully saturated rings. The number of hydrogen-bond donors (Lipinski definition) is 2. The molecule has 0 aromatic heterocycles. The zero-order valence-corrected chi connectivity index (χ0v) is 10.5. The summed E-state index contributed by atoms with van der Waals surface area (Å²) in [6.07, 6.45) is 0. The number of carbonyl (C=O) groups excluding carboxylic acids is 1. The first-order valence-electron chi connectivity index (χ1n) is 5.02. The van der Waals surface area contributed by atoms with Gasteiger partial charge < -0.3 is 10.2 Å². The highest BCUT2D eigenvalue weighted by molar-refractivity contribution is 6.35. The molecule has 0 unspecified atom stereocenters. The van der Waals surface area contributed by atoms with Gasteiger partial charge in [-0.2, -0.15) is 0 Å². The third-order valence-electron chi connectivity index (χ3n) is 2.47. The first-order chi connectivity index (χ1) is 8.52. The molecule has 0 radical (unpaired) electrons. The minimum absolute atomic E-state index is 0.0248. The van der Waals surface area contributed by atoms with E-state index in [-0.39, 0.29) is 21.2 Å². The first kappa shape index (κ1) is 12.7. The Labute approximate surface area is 113 Å². The van der Waals surface area contributed by atoms with Crippen molar-refractivity contribution in [2.75, 3.05) is 0 Å². The topological polar surface area (TPSA) is 57.5 Å². The van der Waals surface area contributed by atoms with E-state index >= 15 is 0 Å². The molecule has 2 N–H and O–H groups in total. The average molecular weight is 283 g/mol. The molecule has 2 rings (SSSR count). The van der Waals surface area contributed by atoms with Crippen molar-refractivity contribution in [2.45, 2.75) is 0 Å². The van der Waals surface area contributed by atoms with Crippen LogP contribution in [0.1, 0.15) is 15.9 Å². The summed E-state index contributed by atoms with van der Waals surface area (Å²) in [5.74, 6) is -1.55. The van der Waals surface area contributed by atoms with Gasteiger partial charge >= 0.3 is 0 Å². The molecule has 0 atom stereocenters. The molecule has 0 aliphatic heterocycles. The lowest BCUT2D eigenvalue weighted by Gasteiger charge is -2.07. The standard InChI is InChI=1S/C13H8Cl2O3/c14-9-4-2-1-3-7(9)11(16)8-5-6-10(15)13(18)12(8)17/h1-6,17-18H. The molecule has 0 saturated heterocycles. The van der Waals surface area contributed by atoms with Gasteiger partial charge in [-0.15, -0.1) is 0 Å². The molecule has 3 nitrogen and oxygen atoms in total. The summed E-state index contributed by atoms with van der Waals surface area (Å²) >= 11 is 11.5. The van der Waals surface area contributed by atoms with Crippen LogP contribution in [0.3, 0.4) is 0 Å². The third kappa shape index (κ3) is 2.15. The number of rotatable bonds is 2. The Bertz CT molecular complexity index is 624. The van der Waals surface area contributed by atoms with Gasteiger partial charge in [-0.3, -0.25) is 4.79 Å². The van der Waals surface area contributed by atoms with Crippen LogP contribution >= 0.6 is 23.2 Å². The maximum absolute atomic E-state index is 12.2. The van der Waals surface area contributed by atoms with Crippen LogP contribution in [0.25, 0.3) is 0 Å². The lowest BCUT2D eigenvalue weighted by molar-refractivity contribution is 0.103. The summed E-state index contributed by atoms with van der Waals surface area (Å²) in [6.45, 7) is 0. The molecule has 0 bridgehead atoms. The molecule has 0 spiro atoms. The van der Waals surface area contributed by atoms with Gasteiger partial charge in [0.1, 0.15) is 0 Å². The van der Waals surface area contributed by atoms with Crippen molar-refractivity contribution in [1.82, 2.24) is 0 Å². The smallest absolute Gasteiger partial charge is 0.198 e. The van der Waals surface area contributed by atoms with Crippen LogP contribution in [0.5, 0.6) is 11.5 Å². The Morgan fingerprint density at radius 3 is 2.17 bits per heavy atom. The van der Waals surface area contributed by atoms with Crippen molar-refractivity contribution < 1.29 is 15.0 Å². The summed E-state index contributed by atoms with van der Waals surface area (Å²) < 4.78 is 0. The molecule has 2 aromatic carbocycles. The summed E-state index contributed by atoms with van der Waals surface area (Å²) in [7, 11) is 0. The number of benzene rings is 2. The van der Waals surface area contributed by atoms with E-state index in [1.807, 2.05) is 0 Å². The molecule has 92 valence electrons. The van der Waals surface area contributed by atoms with Gasteiger partial charge in [-0.25, -0.2) is 0 Å². The number of phenolic OH excluding ortho intramolecular Hbond substituents is 2. The highest BCUT2D eigenvalue weighted by Crippen LogP contribution is 2.37. The van der Waals surface area contributed by atoms with E-state index in [0.717, 1.165) is 0 Å². The van der Waals surface area contributed by atoms with Crippen molar-refractivity contribution in [2.24, 2.45) is 0 Å². The van der Waals surface area contributed by atoms with Gasteiger partial charge in [0.25, 0.3) is 0 Å². The Balaban J connectivity index is 2.54. The summed E-state index contributed by atoms with van der Waals surface area (Å²) in [5.41, 5.74) is 0.196. The van der Waals surface area contributed by atoms with Crippen LogP contribution in [0, 0.1) is 0 Å². The quantitative estimate of drug-likeness (QED) is 0.653. The van der Waals surface area contributed by atoms with Gasteiger partial charge in [0.15, 0.2) is 17.3 Å². The fourth-order valence-electron chi connectivity index (χ4n) is 1.53. The molecule has 2 aromatic rings.